The number of halogens is 3. The molecule has 0 unspecified atom stereocenters. The molecule has 3 aromatic heterocycles. The quantitative estimate of drug-likeness (QED) is 0.748. The van der Waals surface area contributed by atoms with E-state index in [0.717, 1.165) is 17.3 Å². The minimum Gasteiger partial charge on any atom is -0.370 e. The summed E-state index contributed by atoms with van der Waals surface area (Å²) in [6, 6.07) is 7.88. The molecule has 134 valence electrons. The molecule has 0 bridgehead atoms. The average molecular weight is 359 g/mol. The molecule has 1 N–H and O–H groups in total. The molecule has 0 aliphatic heterocycles. The third kappa shape index (κ3) is 4.53. The lowest BCUT2D eigenvalue weighted by molar-refractivity contribution is -0.141. The van der Waals surface area contributed by atoms with Gasteiger partial charge in [0.05, 0.1) is 0 Å². The van der Waals surface area contributed by atoms with Crippen LogP contribution in [0.3, 0.4) is 0 Å². The van der Waals surface area contributed by atoms with Gasteiger partial charge in [-0.25, -0.2) is 9.97 Å². The molecule has 5 nitrogen and oxygen atoms in total. The van der Waals surface area contributed by atoms with Gasteiger partial charge in [0.25, 0.3) is 0 Å². The fourth-order valence-corrected chi connectivity index (χ4v) is 2.29. The Morgan fingerprint density at radius 3 is 2.46 bits per heavy atom. The first-order chi connectivity index (χ1) is 12.4. The van der Waals surface area contributed by atoms with Crippen molar-refractivity contribution in [3.63, 3.8) is 0 Å². The maximum atomic E-state index is 13.1. The largest absolute Gasteiger partial charge is 0.433 e. The van der Waals surface area contributed by atoms with Crippen LogP contribution < -0.4 is 5.32 Å². The van der Waals surface area contributed by atoms with Crippen LogP contribution in [-0.2, 0) is 12.6 Å². The topological polar surface area (TPSA) is 63.6 Å². The molecule has 0 amide bonds. The van der Waals surface area contributed by atoms with Crippen LogP contribution in [0, 0.1) is 6.92 Å². The van der Waals surface area contributed by atoms with Gasteiger partial charge in [-0.05, 0) is 37.1 Å². The third-order valence-electron chi connectivity index (χ3n) is 3.65. The van der Waals surface area contributed by atoms with E-state index in [9.17, 15) is 13.2 Å². The second kappa shape index (κ2) is 7.47. The summed E-state index contributed by atoms with van der Waals surface area (Å²) < 4.78 is 39.4. The lowest BCUT2D eigenvalue weighted by Gasteiger charge is -2.12. The molecule has 3 rings (SSSR count). The Labute approximate surface area is 148 Å². The molecule has 0 spiro atoms. The van der Waals surface area contributed by atoms with E-state index in [2.05, 4.69) is 25.3 Å². The van der Waals surface area contributed by atoms with E-state index in [0.29, 0.717) is 18.5 Å². The smallest absolute Gasteiger partial charge is 0.370 e. The van der Waals surface area contributed by atoms with Gasteiger partial charge in [0.2, 0.25) is 0 Å². The Morgan fingerprint density at radius 2 is 1.81 bits per heavy atom. The molecule has 0 saturated heterocycles. The first-order valence-electron chi connectivity index (χ1n) is 7.94. The summed E-state index contributed by atoms with van der Waals surface area (Å²) in [6.45, 7) is 2.32. The van der Waals surface area contributed by atoms with Crippen molar-refractivity contribution in [2.45, 2.75) is 19.5 Å². The van der Waals surface area contributed by atoms with Crippen molar-refractivity contribution in [2.75, 3.05) is 11.9 Å². The molecule has 3 heterocycles. The Hall–Kier alpha value is -3.03. The maximum Gasteiger partial charge on any atom is 0.433 e. The molecule has 0 radical (unpaired) electrons. The van der Waals surface area contributed by atoms with Crippen molar-refractivity contribution >= 4 is 5.82 Å². The minimum absolute atomic E-state index is 0.00160. The van der Waals surface area contributed by atoms with Crippen molar-refractivity contribution in [1.82, 2.24) is 19.9 Å². The highest BCUT2D eigenvalue weighted by Crippen LogP contribution is 2.30. The minimum atomic E-state index is -4.55. The van der Waals surface area contributed by atoms with Crippen LogP contribution in [0.4, 0.5) is 19.0 Å². The summed E-state index contributed by atoms with van der Waals surface area (Å²) in [6.07, 6.45) is 0.776. The zero-order valence-corrected chi connectivity index (χ0v) is 14.0. The van der Waals surface area contributed by atoms with Gasteiger partial charge < -0.3 is 5.32 Å². The van der Waals surface area contributed by atoms with Gasteiger partial charge in [-0.2, -0.15) is 13.2 Å². The number of nitrogens with one attached hydrogen (secondary N) is 1. The molecule has 0 aliphatic rings. The Balaban J connectivity index is 1.80. The van der Waals surface area contributed by atoms with E-state index in [-0.39, 0.29) is 11.6 Å². The van der Waals surface area contributed by atoms with Crippen LogP contribution in [0.2, 0.25) is 0 Å². The van der Waals surface area contributed by atoms with Crippen molar-refractivity contribution in [1.29, 1.82) is 0 Å². The number of alkyl halides is 3. The first-order valence-corrected chi connectivity index (χ1v) is 7.94. The zero-order valence-electron chi connectivity index (χ0n) is 14.0. The second-order valence-corrected chi connectivity index (χ2v) is 5.68. The van der Waals surface area contributed by atoms with Crippen molar-refractivity contribution in [2.24, 2.45) is 0 Å². The predicted molar refractivity (Wildman–Crippen MR) is 91.4 cm³/mol. The monoisotopic (exact) mass is 359 g/mol. The summed E-state index contributed by atoms with van der Waals surface area (Å²) in [5, 5.41) is 2.94. The van der Waals surface area contributed by atoms with Crippen LogP contribution in [0.25, 0.3) is 11.4 Å². The number of nitrogens with zero attached hydrogens (tertiary/aromatic N) is 4. The number of rotatable bonds is 5. The number of hydrogen-bond donors (Lipinski definition) is 1. The number of aryl methyl sites for hydroxylation is 1. The fourth-order valence-electron chi connectivity index (χ4n) is 2.29. The third-order valence-corrected chi connectivity index (χ3v) is 3.65. The summed E-state index contributed by atoms with van der Waals surface area (Å²) in [5.74, 6) is 0.126. The number of pyridine rings is 2. The van der Waals surface area contributed by atoms with Gasteiger partial charge in [-0.15, -0.1) is 0 Å². The Kier molecular flexibility index (Phi) is 5.11. The molecular weight excluding hydrogens is 343 g/mol. The van der Waals surface area contributed by atoms with E-state index >= 15 is 0 Å². The van der Waals surface area contributed by atoms with Gasteiger partial charge >= 0.3 is 6.18 Å². The standard InChI is InChI=1S/C18H16F3N5/c1-12-2-3-13(11-24-12)4-9-23-16-10-15(18(19,20)21)25-17(26-16)14-5-7-22-8-6-14/h2-3,5-8,10-11H,4,9H2,1H3,(H,23,25,26). The van der Waals surface area contributed by atoms with Crippen molar-refractivity contribution in [3.8, 4) is 11.4 Å². The highest BCUT2D eigenvalue weighted by Gasteiger charge is 2.33. The van der Waals surface area contributed by atoms with E-state index < -0.39 is 11.9 Å². The van der Waals surface area contributed by atoms with Gasteiger partial charge in [-0.3, -0.25) is 9.97 Å². The fraction of sp³-hybridized carbons (Fsp3) is 0.222. The lowest BCUT2D eigenvalue weighted by atomic mass is 10.2. The molecule has 26 heavy (non-hydrogen) atoms. The van der Waals surface area contributed by atoms with Crippen LogP contribution in [0.1, 0.15) is 17.0 Å². The number of aromatic nitrogens is 4. The maximum absolute atomic E-state index is 13.1. The van der Waals surface area contributed by atoms with Crippen LogP contribution in [-0.4, -0.2) is 26.5 Å². The summed E-state index contributed by atoms with van der Waals surface area (Å²) in [4.78, 5) is 15.9. The summed E-state index contributed by atoms with van der Waals surface area (Å²) >= 11 is 0. The Morgan fingerprint density at radius 1 is 1.04 bits per heavy atom. The molecule has 0 fully saturated rings. The van der Waals surface area contributed by atoms with E-state index in [1.54, 1.807) is 18.3 Å². The lowest BCUT2D eigenvalue weighted by Crippen LogP contribution is -2.13. The second-order valence-electron chi connectivity index (χ2n) is 5.68. The molecule has 0 aliphatic carbocycles. The van der Waals surface area contributed by atoms with E-state index in [4.69, 9.17) is 0 Å². The van der Waals surface area contributed by atoms with Crippen LogP contribution in [0.5, 0.6) is 0 Å². The summed E-state index contributed by atoms with van der Waals surface area (Å²) in [7, 11) is 0. The average Bonchev–Trinajstić information content (AvgIpc) is 2.63. The summed E-state index contributed by atoms with van der Waals surface area (Å²) in [5.41, 5.74) is 1.38. The van der Waals surface area contributed by atoms with Gasteiger partial charge in [0.1, 0.15) is 5.82 Å². The van der Waals surface area contributed by atoms with Crippen molar-refractivity contribution < 1.29 is 13.2 Å². The first kappa shape index (κ1) is 17.8. The van der Waals surface area contributed by atoms with Crippen LogP contribution >= 0.6 is 0 Å². The van der Waals surface area contributed by atoms with Gasteiger partial charge in [-0.1, -0.05) is 6.07 Å². The number of anilines is 1. The van der Waals surface area contributed by atoms with Gasteiger partial charge in [0.15, 0.2) is 11.5 Å². The number of hydrogen-bond acceptors (Lipinski definition) is 5. The SMILES string of the molecule is Cc1ccc(CCNc2cc(C(F)(F)F)nc(-c3ccncc3)n2)cn1. The highest BCUT2D eigenvalue weighted by atomic mass is 19.4. The molecular formula is C18H16F3N5. The van der Waals surface area contributed by atoms with Crippen molar-refractivity contribution in [3.05, 3.63) is 65.9 Å². The highest BCUT2D eigenvalue weighted by molar-refractivity contribution is 5.57. The molecule has 0 saturated carbocycles. The van der Waals surface area contributed by atoms with Gasteiger partial charge in [0, 0.05) is 42.5 Å². The zero-order chi connectivity index (χ0) is 18.6. The Bertz CT molecular complexity index is 864. The molecule has 0 atom stereocenters. The predicted octanol–water partition coefficient (Wildman–Crippen LogP) is 3.92. The molecule has 3 aromatic rings. The van der Waals surface area contributed by atoms with Crippen LogP contribution in [0.15, 0.2) is 48.9 Å². The normalized spacial score (nSPS) is 11.4. The van der Waals surface area contributed by atoms with E-state index in [1.807, 2.05) is 19.1 Å². The molecule has 8 heteroatoms. The van der Waals surface area contributed by atoms with E-state index in [1.165, 1.54) is 12.4 Å². The molecule has 0 aromatic carbocycles.